The molecule has 4 aromatic rings. The van der Waals surface area contributed by atoms with Crippen LogP contribution < -0.4 is 26.1 Å². The van der Waals surface area contributed by atoms with E-state index in [4.69, 9.17) is 23.4 Å². The molecule has 4 bridgehead atoms. The average molecular weight is 801 g/mol. The average Bonchev–Trinajstić information content (AvgIpc) is 3.45. The Labute approximate surface area is 332 Å². The third kappa shape index (κ3) is 7.18. The highest BCUT2D eigenvalue weighted by Crippen LogP contribution is 2.42. The first kappa shape index (κ1) is 41.9. The molecule has 2 aliphatic rings. The summed E-state index contributed by atoms with van der Waals surface area (Å²) >= 11 is 0. The predicted molar refractivity (Wildman–Crippen MR) is 215 cm³/mol. The quantitative estimate of drug-likeness (QED) is 0.107. The minimum absolute atomic E-state index is 0.00694. The number of nitrogens with one attached hydrogen (secondary N) is 1. The topological polar surface area (TPSA) is 224 Å². The molecule has 58 heavy (non-hydrogen) atoms. The van der Waals surface area contributed by atoms with Gasteiger partial charge in [0.1, 0.15) is 28.8 Å². The molecule has 308 valence electrons. The molecule has 3 heterocycles. The normalized spacial score (nSPS) is 30.4. The smallest absolute Gasteiger partial charge is 0.307 e. The Hall–Kier alpha value is -5.77. The number of ether oxygens (including phenoxy) is 4. The first-order valence-electron chi connectivity index (χ1n) is 18.9. The predicted octanol–water partition coefficient (Wildman–Crippen LogP) is 4.56. The van der Waals surface area contributed by atoms with Gasteiger partial charge in [0.05, 0.1) is 35.2 Å². The summed E-state index contributed by atoms with van der Waals surface area (Å²) in [6.07, 6.45) is 3.52. The van der Waals surface area contributed by atoms with Gasteiger partial charge in [0.15, 0.2) is 22.4 Å². The van der Waals surface area contributed by atoms with Crippen molar-refractivity contribution in [3.63, 3.8) is 0 Å². The van der Waals surface area contributed by atoms with Crippen LogP contribution in [0, 0.1) is 30.6 Å². The van der Waals surface area contributed by atoms with E-state index in [2.05, 4.69) is 10.3 Å². The summed E-state index contributed by atoms with van der Waals surface area (Å²) in [6, 6.07) is 4.19. The number of aromatic nitrogens is 1. The van der Waals surface area contributed by atoms with Crippen LogP contribution in [-0.2, 0) is 23.8 Å². The van der Waals surface area contributed by atoms with Gasteiger partial charge in [-0.25, -0.2) is 4.98 Å². The lowest BCUT2D eigenvalue weighted by molar-refractivity contribution is -0.160. The fraction of sp³-hybridized carbons (Fsp3) is 0.419. The van der Waals surface area contributed by atoms with Crippen LogP contribution in [0.5, 0.6) is 11.5 Å². The van der Waals surface area contributed by atoms with Crippen molar-refractivity contribution in [2.24, 2.45) is 23.7 Å². The monoisotopic (exact) mass is 800 g/mol. The molecule has 3 aromatic carbocycles. The molecule has 5 N–H and O–H groups in total. The number of fused-ring (bicyclic) bond motifs is 2. The van der Waals surface area contributed by atoms with Gasteiger partial charge in [0.2, 0.25) is 10.9 Å². The molecule has 1 amide bonds. The lowest BCUT2D eigenvalue weighted by Gasteiger charge is -2.38. The molecule has 0 spiro atoms. The molecule has 4 unspecified atom stereocenters. The molecule has 9 atom stereocenters. The summed E-state index contributed by atoms with van der Waals surface area (Å²) in [5.74, 6) is -6.89. The fourth-order valence-corrected chi connectivity index (χ4v) is 7.81. The Bertz CT molecular complexity index is 2600. The van der Waals surface area contributed by atoms with Crippen molar-refractivity contribution in [2.75, 3.05) is 12.4 Å². The molecule has 15 nitrogen and oxygen atoms in total. The van der Waals surface area contributed by atoms with E-state index in [1.807, 2.05) is 0 Å². The van der Waals surface area contributed by atoms with Crippen molar-refractivity contribution < 1.29 is 53.4 Å². The van der Waals surface area contributed by atoms with Crippen LogP contribution in [0.4, 0.5) is 5.69 Å². The highest BCUT2D eigenvalue weighted by molar-refractivity contribution is 6.16. The van der Waals surface area contributed by atoms with Crippen molar-refractivity contribution in [1.82, 2.24) is 4.98 Å². The zero-order chi connectivity index (χ0) is 42.5. The van der Waals surface area contributed by atoms with Crippen LogP contribution in [0.15, 0.2) is 68.3 Å². The number of allylic oxidation sites excluding steroid dienone is 2. The van der Waals surface area contributed by atoms with Crippen LogP contribution in [0.3, 0.4) is 0 Å². The Morgan fingerprint density at radius 1 is 0.948 bits per heavy atom. The maximum Gasteiger partial charge on any atom is 0.307 e. The summed E-state index contributed by atoms with van der Waals surface area (Å²) in [5, 5.41) is 48.5. The molecule has 0 saturated carbocycles. The summed E-state index contributed by atoms with van der Waals surface area (Å²) in [4.78, 5) is 58.1. The van der Waals surface area contributed by atoms with Crippen molar-refractivity contribution in [1.29, 1.82) is 0 Å². The van der Waals surface area contributed by atoms with E-state index in [-0.39, 0.29) is 60.8 Å². The number of phenolic OH excluding ortho intramolecular Hbond substituents is 1. The highest BCUT2D eigenvalue weighted by Gasteiger charge is 2.44. The molecule has 0 aliphatic carbocycles. The number of esters is 1. The zero-order valence-corrected chi connectivity index (χ0v) is 33.6. The molecular formula is C43H48N2O13. The van der Waals surface area contributed by atoms with E-state index in [0.29, 0.717) is 0 Å². The number of carbonyl (C=O) groups is 2. The van der Waals surface area contributed by atoms with Gasteiger partial charge in [-0.1, -0.05) is 52.0 Å². The van der Waals surface area contributed by atoms with Gasteiger partial charge in [-0.05, 0) is 32.1 Å². The number of rotatable bonds is 2. The number of phenols is 1. The van der Waals surface area contributed by atoms with Crippen molar-refractivity contribution in [3.05, 3.63) is 85.6 Å². The van der Waals surface area contributed by atoms with Crippen LogP contribution in [0.1, 0.15) is 54.0 Å². The first-order valence-corrected chi connectivity index (χ1v) is 18.9. The third-order valence-corrected chi connectivity index (χ3v) is 11.4. The van der Waals surface area contributed by atoms with Crippen molar-refractivity contribution in [2.45, 2.75) is 85.6 Å². The molecule has 2 aliphatic heterocycles. The van der Waals surface area contributed by atoms with E-state index >= 15 is 0 Å². The number of hydrogen-bond acceptors (Lipinski definition) is 14. The van der Waals surface area contributed by atoms with Crippen molar-refractivity contribution in [3.8, 4) is 11.5 Å². The molecule has 1 aromatic heterocycles. The second-order valence-corrected chi connectivity index (χ2v) is 15.3. The summed E-state index contributed by atoms with van der Waals surface area (Å²) in [6.45, 7) is 12.5. The van der Waals surface area contributed by atoms with E-state index in [1.54, 1.807) is 39.8 Å². The minimum Gasteiger partial charge on any atom is -0.507 e. The van der Waals surface area contributed by atoms with E-state index < -0.39 is 88.1 Å². The lowest BCUT2D eigenvalue weighted by atomic mass is 9.78. The molecule has 6 rings (SSSR count). The summed E-state index contributed by atoms with van der Waals surface area (Å²) < 4.78 is 29.9. The van der Waals surface area contributed by atoms with Gasteiger partial charge in [-0.3, -0.25) is 19.2 Å². The van der Waals surface area contributed by atoms with Crippen molar-refractivity contribution >= 4 is 56.3 Å². The zero-order valence-electron chi connectivity index (χ0n) is 33.6. The number of anilines is 1. The SMILES string of the molecule is CO[C@H]1/C=C/O[C@@]2(C)Oc3c(C)c(O)c4c(=O)c(c5oc6cccc(=O)c6nc5c4c3=C2O)NC(=O)/C(C)=C\C=C\C(C)C(O)[C@@H](C)[C@@H](O)C(C)C(OC(C)=O)[C@@H]1C. The van der Waals surface area contributed by atoms with E-state index in [9.17, 15) is 39.6 Å². The number of methoxy groups -OCH3 is 1. The van der Waals surface area contributed by atoms with Crippen LogP contribution in [0.25, 0.3) is 38.7 Å². The third-order valence-electron chi connectivity index (χ3n) is 11.4. The highest BCUT2D eigenvalue weighted by atomic mass is 16.7. The summed E-state index contributed by atoms with van der Waals surface area (Å²) in [7, 11) is 1.44. The second kappa shape index (κ2) is 15.9. The van der Waals surface area contributed by atoms with Crippen LogP contribution >= 0.6 is 0 Å². The van der Waals surface area contributed by atoms with E-state index in [1.165, 1.54) is 71.4 Å². The fourth-order valence-electron chi connectivity index (χ4n) is 7.81. The number of nitrogens with zero attached hydrogens (tertiary/aromatic N) is 1. The van der Waals surface area contributed by atoms with Crippen LogP contribution in [-0.4, -0.2) is 74.6 Å². The minimum atomic E-state index is -1.96. The number of para-hydroxylation sites is 1. The van der Waals surface area contributed by atoms with Gasteiger partial charge in [0.25, 0.3) is 5.91 Å². The number of carbonyl (C=O) groups excluding carboxylic acids is 2. The number of amides is 1. The molecular weight excluding hydrogens is 752 g/mol. The lowest BCUT2D eigenvalue weighted by Crippen LogP contribution is -2.46. The first-order chi connectivity index (χ1) is 27.3. The number of aliphatic hydroxyl groups excluding tert-OH is 3. The maximum atomic E-state index is 14.5. The van der Waals surface area contributed by atoms with Gasteiger partial charge in [-0.2, -0.15) is 0 Å². The maximum absolute atomic E-state index is 14.5. The number of aliphatic hydroxyl groups is 3. The Kier molecular flexibility index (Phi) is 11.5. The van der Waals surface area contributed by atoms with Gasteiger partial charge in [0, 0.05) is 61.2 Å². The molecule has 0 saturated heterocycles. The molecule has 0 fully saturated rings. The number of hydrogen-bond donors (Lipinski definition) is 5. The summed E-state index contributed by atoms with van der Waals surface area (Å²) in [5.41, 5.74) is -2.07. The molecule has 15 heteroatoms. The number of aromatic hydroxyl groups is 1. The largest absolute Gasteiger partial charge is 0.507 e. The number of benzene rings is 3. The van der Waals surface area contributed by atoms with E-state index in [0.717, 1.165) is 0 Å². The Balaban J connectivity index is 1.63. The Morgan fingerprint density at radius 3 is 2.33 bits per heavy atom. The van der Waals surface area contributed by atoms with Crippen LogP contribution in [0.2, 0.25) is 0 Å². The second-order valence-electron chi connectivity index (χ2n) is 15.3. The Morgan fingerprint density at radius 2 is 1.66 bits per heavy atom. The standard InChI is InChI=1S/C43H48N2O13/c1-18-12-10-13-19(2)42(53)45-33-37(51)29-28(32-40(33)57-27-15-11-14-25(47)31(27)44-32)30-39(23(6)36(29)50)58-43(8,41(30)52)55-17-16-26(54-9)20(3)38(56-24(7)46)22(5)35(49)21(4)34(18)48/h10-18,20-22,26,34-35,38,48-50,52H,1-9H3,(H,45,53)/b12-10+,17-16+,19-13-/t18?,20-,21-,22?,26+,34?,35-,38?,43+/m1/s1. The van der Waals surface area contributed by atoms with Gasteiger partial charge >= 0.3 is 11.8 Å². The van der Waals surface area contributed by atoms with Gasteiger partial charge in [-0.15, -0.1) is 0 Å². The van der Waals surface area contributed by atoms with Gasteiger partial charge < -0.3 is 49.1 Å². The molecule has 0 radical (unpaired) electrons.